The molecule has 2 N–H and O–H groups in total. The van der Waals surface area contributed by atoms with Crippen molar-refractivity contribution in [3.8, 4) is 0 Å². The van der Waals surface area contributed by atoms with E-state index in [1.807, 2.05) is 32.9 Å². The highest BCUT2D eigenvalue weighted by Gasteiger charge is 2.28. The van der Waals surface area contributed by atoms with E-state index in [9.17, 15) is 4.79 Å². The van der Waals surface area contributed by atoms with E-state index in [2.05, 4.69) is 19.9 Å². The fraction of sp³-hybridized carbons (Fsp3) is 0.562. The normalized spacial score (nSPS) is 11.9. The molecule has 0 radical (unpaired) electrons. The molecule has 100 valence electrons. The summed E-state index contributed by atoms with van der Waals surface area (Å²) in [5.41, 5.74) is 8.33. The van der Waals surface area contributed by atoms with Crippen LogP contribution in [-0.4, -0.2) is 12.3 Å². The highest BCUT2D eigenvalue weighted by Crippen LogP contribution is 2.28. The van der Waals surface area contributed by atoms with Crippen LogP contribution in [0.3, 0.4) is 0 Å². The highest BCUT2D eigenvalue weighted by molar-refractivity contribution is 6.01. The van der Waals surface area contributed by atoms with Gasteiger partial charge in [-0.1, -0.05) is 39.8 Å². The third-order valence-electron chi connectivity index (χ3n) is 3.56. The molecule has 18 heavy (non-hydrogen) atoms. The number of rotatable bonds is 5. The molecule has 2 nitrogen and oxygen atoms in total. The summed E-state index contributed by atoms with van der Waals surface area (Å²) < 4.78 is 0. The standard InChI is InChI=1S/C16H25NO/c1-11(2)13-7-6-12(3)14(10-13)15(18)16(4,5)8-9-17/h6-7,10-11H,8-9,17H2,1-5H3. The zero-order valence-electron chi connectivity index (χ0n) is 12.2. The minimum atomic E-state index is -0.380. The Bertz CT molecular complexity index is 433. The van der Waals surface area contributed by atoms with E-state index >= 15 is 0 Å². The van der Waals surface area contributed by atoms with Gasteiger partial charge in [0.2, 0.25) is 0 Å². The molecule has 0 spiro atoms. The number of hydrogen-bond acceptors (Lipinski definition) is 2. The maximum absolute atomic E-state index is 12.6. The summed E-state index contributed by atoms with van der Waals surface area (Å²) in [5.74, 6) is 0.641. The zero-order valence-corrected chi connectivity index (χ0v) is 12.2. The lowest BCUT2D eigenvalue weighted by atomic mass is 9.79. The summed E-state index contributed by atoms with van der Waals surface area (Å²) in [7, 11) is 0. The molecule has 1 rings (SSSR count). The topological polar surface area (TPSA) is 43.1 Å². The van der Waals surface area contributed by atoms with E-state index in [-0.39, 0.29) is 11.2 Å². The van der Waals surface area contributed by atoms with Gasteiger partial charge in [-0.2, -0.15) is 0 Å². The van der Waals surface area contributed by atoms with Crippen molar-refractivity contribution in [3.63, 3.8) is 0 Å². The smallest absolute Gasteiger partial charge is 0.168 e. The molecule has 0 saturated carbocycles. The molecular weight excluding hydrogens is 222 g/mol. The Labute approximate surface area is 111 Å². The van der Waals surface area contributed by atoms with Gasteiger partial charge in [0.15, 0.2) is 5.78 Å². The molecule has 0 atom stereocenters. The second kappa shape index (κ2) is 5.66. The first-order valence-electron chi connectivity index (χ1n) is 6.65. The number of Topliss-reactive ketones (excluding diaryl/α,β-unsaturated/α-hetero) is 1. The van der Waals surface area contributed by atoms with Crippen LogP contribution in [0.2, 0.25) is 0 Å². The molecule has 1 aromatic rings. The molecule has 0 saturated heterocycles. The van der Waals surface area contributed by atoms with E-state index in [4.69, 9.17) is 5.73 Å². The van der Waals surface area contributed by atoms with Crippen LogP contribution in [0.25, 0.3) is 0 Å². The van der Waals surface area contributed by atoms with Gasteiger partial charge in [-0.15, -0.1) is 0 Å². The summed E-state index contributed by atoms with van der Waals surface area (Å²) in [5, 5.41) is 0. The average Bonchev–Trinajstić information content (AvgIpc) is 2.28. The van der Waals surface area contributed by atoms with Gasteiger partial charge < -0.3 is 5.73 Å². The molecule has 0 fully saturated rings. The van der Waals surface area contributed by atoms with Crippen LogP contribution < -0.4 is 5.73 Å². The van der Waals surface area contributed by atoms with Crippen LogP contribution in [0.15, 0.2) is 18.2 Å². The lowest BCUT2D eigenvalue weighted by molar-refractivity contribution is 0.0828. The Balaban J connectivity index is 3.16. The zero-order chi connectivity index (χ0) is 13.9. The van der Waals surface area contributed by atoms with Gasteiger partial charge in [-0.25, -0.2) is 0 Å². The number of hydrogen-bond donors (Lipinski definition) is 1. The summed E-state index contributed by atoms with van der Waals surface area (Å²) in [6.45, 7) is 10.8. The Morgan fingerprint density at radius 1 is 1.33 bits per heavy atom. The SMILES string of the molecule is Cc1ccc(C(C)C)cc1C(=O)C(C)(C)CCN. The lowest BCUT2D eigenvalue weighted by Crippen LogP contribution is -2.28. The molecule has 0 unspecified atom stereocenters. The third kappa shape index (κ3) is 3.20. The Kier molecular flexibility index (Phi) is 4.69. The summed E-state index contributed by atoms with van der Waals surface area (Å²) in [6, 6.07) is 6.19. The molecule has 0 aliphatic carbocycles. The summed E-state index contributed by atoms with van der Waals surface area (Å²) in [6.07, 6.45) is 0.719. The monoisotopic (exact) mass is 247 g/mol. The molecule has 0 aromatic heterocycles. The fourth-order valence-electron chi connectivity index (χ4n) is 2.08. The van der Waals surface area contributed by atoms with Gasteiger partial charge in [0.05, 0.1) is 0 Å². The van der Waals surface area contributed by atoms with Crippen LogP contribution in [0, 0.1) is 12.3 Å². The number of carbonyl (C=O) groups is 1. The predicted molar refractivity (Wildman–Crippen MR) is 77.1 cm³/mol. The molecule has 1 aromatic carbocycles. The van der Waals surface area contributed by atoms with Crippen molar-refractivity contribution in [1.82, 2.24) is 0 Å². The van der Waals surface area contributed by atoms with Crippen molar-refractivity contribution in [3.05, 3.63) is 34.9 Å². The second-order valence-corrected chi connectivity index (χ2v) is 5.98. The summed E-state index contributed by atoms with van der Waals surface area (Å²) >= 11 is 0. The van der Waals surface area contributed by atoms with Gasteiger partial charge in [-0.05, 0) is 43.0 Å². The number of ketones is 1. The quantitative estimate of drug-likeness (QED) is 0.807. The number of aryl methyl sites for hydroxylation is 1. The number of nitrogens with two attached hydrogens (primary N) is 1. The van der Waals surface area contributed by atoms with E-state index in [1.165, 1.54) is 5.56 Å². The highest BCUT2D eigenvalue weighted by atomic mass is 16.1. The van der Waals surface area contributed by atoms with Crippen molar-refractivity contribution in [2.24, 2.45) is 11.1 Å². The molecule has 0 aliphatic rings. The molecule has 0 aliphatic heterocycles. The van der Waals surface area contributed by atoms with Gasteiger partial charge in [0, 0.05) is 11.0 Å². The first-order chi connectivity index (χ1) is 8.29. The van der Waals surface area contributed by atoms with Crippen molar-refractivity contribution in [2.75, 3.05) is 6.54 Å². The average molecular weight is 247 g/mol. The van der Waals surface area contributed by atoms with Crippen molar-refractivity contribution < 1.29 is 4.79 Å². The maximum Gasteiger partial charge on any atom is 0.168 e. The molecule has 2 heteroatoms. The lowest BCUT2D eigenvalue weighted by Gasteiger charge is -2.24. The Hall–Kier alpha value is -1.15. The van der Waals surface area contributed by atoms with Crippen molar-refractivity contribution in [2.45, 2.75) is 47.0 Å². The van der Waals surface area contributed by atoms with E-state index < -0.39 is 0 Å². The first kappa shape index (κ1) is 14.9. The summed E-state index contributed by atoms with van der Waals surface area (Å²) in [4.78, 5) is 12.6. The third-order valence-corrected chi connectivity index (χ3v) is 3.56. The van der Waals surface area contributed by atoms with Crippen LogP contribution in [0.1, 0.15) is 61.5 Å². The van der Waals surface area contributed by atoms with Crippen LogP contribution in [0.5, 0.6) is 0 Å². The molecule has 0 heterocycles. The van der Waals surface area contributed by atoms with Gasteiger partial charge in [-0.3, -0.25) is 4.79 Å². The number of benzene rings is 1. The Morgan fingerprint density at radius 3 is 2.44 bits per heavy atom. The molecule has 0 bridgehead atoms. The van der Waals surface area contributed by atoms with E-state index in [1.54, 1.807) is 0 Å². The molecular formula is C16H25NO. The largest absolute Gasteiger partial charge is 0.330 e. The van der Waals surface area contributed by atoms with E-state index in [0.717, 1.165) is 17.5 Å². The maximum atomic E-state index is 12.6. The predicted octanol–water partition coefficient (Wildman–Crippen LogP) is 3.68. The van der Waals surface area contributed by atoms with Crippen LogP contribution >= 0.6 is 0 Å². The fourth-order valence-corrected chi connectivity index (χ4v) is 2.08. The van der Waals surface area contributed by atoms with E-state index in [0.29, 0.717) is 12.5 Å². The first-order valence-corrected chi connectivity index (χ1v) is 6.65. The van der Waals surface area contributed by atoms with Gasteiger partial charge in [0.1, 0.15) is 0 Å². The van der Waals surface area contributed by atoms with Crippen molar-refractivity contribution >= 4 is 5.78 Å². The van der Waals surface area contributed by atoms with Crippen LogP contribution in [0.4, 0.5) is 0 Å². The van der Waals surface area contributed by atoms with Gasteiger partial charge in [0.25, 0.3) is 0 Å². The minimum absolute atomic E-state index is 0.202. The number of carbonyl (C=O) groups excluding carboxylic acids is 1. The Morgan fingerprint density at radius 2 is 1.94 bits per heavy atom. The van der Waals surface area contributed by atoms with Crippen molar-refractivity contribution in [1.29, 1.82) is 0 Å². The van der Waals surface area contributed by atoms with Gasteiger partial charge >= 0.3 is 0 Å². The molecule has 0 amide bonds. The minimum Gasteiger partial charge on any atom is -0.330 e. The second-order valence-electron chi connectivity index (χ2n) is 5.98. The van der Waals surface area contributed by atoms with Crippen LogP contribution in [-0.2, 0) is 0 Å².